The number of primary amides is 1. The summed E-state index contributed by atoms with van der Waals surface area (Å²) in [7, 11) is 0. The van der Waals surface area contributed by atoms with Crippen molar-refractivity contribution in [2.75, 3.05) is 6.54 Å². The molecule has 4 rings (SSSR count). The van der Waals surface area contributed by atoms with Crippen LogP contribution >= 0.6 is 0 Å². The molecule has 3 fully saturated rings. The predicted molar refractivity (Wildman–Crippen MR) is 110 cm³/mol. The van der Waals surface area contributed by atoms with Crippen molar-refractivity contribution in [3.8, 4) is 0 Å². The second-order valence-corrected chi connectivity index (χ2v) is 8.62. The fourth-order valence-corrected chi connectivity index (χ4v) is 4.50. The summed E-state index contributed by atoms with van der Waals surface area (Å²) in [5.41, 5.74) is 8.94. The van der Waals surface area contributed by atoms with E-state index in [2.05, 4.69) is 10.7 Å². The summed E-state index contributed by atoms with van der Waals surface area (Å²) in [6, 6.07) is 8.42. The van der Waals surface area contributed by atoms with Crippen molar-refractivity contribution >= 4 is 23.7 Å². The summed E-state index contributed by atoms with van der Waals surface area (Å²) in [6.07, 6.45) is 3.14. The highest BCUT2D eigenvalue weighted by Crippen LogP contribution is 2.33. The summed E-state index contributed by atoms with van der Waals surface area (Å²) in [4.78, 5) is 50.3. The van der Waals surface area contributed by atoms with Crippen LogP contribution in [-0.4, -0.2) is 47.5 Å². The predicted octanol–water partition coefficient (Wildman–Crippen LogP) is 1.34. The first-order valence-electron chi connectivity index (χ1n) is 10.9. The van der Waals surface area contributed by atoms with Crippen molar-refractivity contribution in [1.29, 1.82) is 0 Å². The van der Waals surface area contributed by atoms with Crippen molar-refractivity contribution in [2.45, 2.75) is 50.8 Å². The van der Waals surface area contributed by atoms with Crippen LogP contribution in [0.1, 0.15) is 48.9 Å². The fraction of sp³-hybridized carbons (Fsp3) is 0.545. The Bertz CT molecular complexity index is 857. The molecule has 1 aromatic carbocycles. The summed E-state index contributed by atoms with van der Waals surface area (Å²) in [5.74, 6) is -2.79. The molecule has 1 heterocycles. The van der Waals surface area contributed by atoms with Gasteiger partial charge >= 0.3 is 6.09 Å². The van der Waals surface area contributed by atoms with Crippen LogP contribution in [0.25, 0.3) is 0 Å². The molecule has 1 saturated heterocycles. The Kier molecular flexibility index (Phi) is 6.22. The Labute approximate surface area is 180 Å². The van der Waals surface area contributed by atoms with Gasteiger partial charge in [-0.2, -0.15) is 5.43 Å². The zero-order valence-corrected chi connectivity index (χ0v) is 17.3. The molecule has 166 valence electrons. The number of ketones is 1. The molecule has 0 aromatic heterocycles. The number of hydrogen-bond acceptors (Lipinski definition) is 6. The van der Waals surface area contributed by atoms with Gasteiger partial charge in [0, 0.05) is 18.2 Å². The molecule has 31 heavy (non-hydrogen) atoms. The van der Waals surface area contributed by atoms with Gasteiger partial charge in [-0.15, -0.1) is 0 Å². The molecule has 9 heteroatoms. The Hall–Kier alpha value is -2.94. The van der Waals surface area contributed by atoms with Crippen molar-refractivity contribution in [3.05, 3.63) is 35.9 Å². The summed E-state index contributed by atoms with van der Waals surface area (Å²) in [6.45, 7) is 0.475. The maximum atomic E-state index is 13.2. The Balaban J connectivity index is 1.47. The Morgan fingerprint density at radius 1 is 1.13 bits per heavy atom. The third-order valence-electron chi connectivity index (χ3n) is 6.32. The SMILES string of the molecule is NC(=O)C(C(=O)C1NN(CC2CC2)C(=O)O1)[C@H]1CCCC[C@@H]1NC(=O)c1ccccc1. The van der Waals surface area contributed by atoms with Gasteiger partial charge in [-0.25, -0.2) is 9.80 Å². The van der Waals surface area contributed by atoms with Crippen LogP contribution < -0.4 is 16.5 Å². The Morgan fingerprint density at radius 2 is 1.84 bits per heavy atom. The number of carbonyl (C=O) groups excluding carboxylic acids is 4. The standard InChI is InChI=1S/C22H28N4O5/c23-19(28)17(18(27)21-25-26(22(30)31-21)12-13-10-11-13)15-8-4-5-9-16(15)24-20(29)14-6-2-1-3-7-14/h1-3,6-7,13,15-17,21,25H,4-5,8-12H2,(H2,23,28)(H,24,29)/t15-,16-,17?,21?/m0/s1. The van der Waals surface area contributed by atoms with Crippen LogP contribution in [0.15, 0.2) is 30.3 Å². The molecular formula is C22H28N4O5. The molecule has 2 aliphatic carbocycles. The van der Waals surface area contributed by atoms with Gasteiger partial charge in [-0.05, 0) is 49.7 Å². The summed E-state index contributed by atoms with van der Waals surface area (Å²) >= 11 is 0. The number of nitrogens with zero attached hydrogens (tertiary/aromatic N) is 1. The number of nitrogens with one attached hydrogen (secondary N) is 2. The normalized spacial score (nSPS) is 26.8. The van der Waals surface area contributed by atoms with Gasteiger partial charge < -0.3 is 15.8 Å². The van der Waals surface area contributed by atoms with Crippen LogP contribution in [0.4, 0.5) is 4.79 Å². The molecule has 2 unspecified atom stereocenters. The van der Waals surface area contributed by atoms with E-state index in [4.69, 9.17) is 10.5 Å². The first kappa shape index (κ1) is 21.3. The van der Waals surface area contributed by atoms with Gasteiger partial charge in [0.05, 0.1) is 0 Å². The molecule has 3 aliphatic rings. The second kappa shape index (κ2) is 9.05. The minimum Gasteiger partial charge on any atom is -0.420 e. The number of hydrogen-bond donors (Lipinski definition) is 3. The molecule has 0 bridgehead atoms. The van der Waals surface area contributed by atoms with E-state index in [9.17, 15) is 19.2 Å². The minimum absolute atomic E-state index is 0.255. The smallest absolute Gasteiger partial charge is 0.420 e. The first-order valence-corrected chi connectivity index (χ1v) is 10.9. The average molecular weight is 428 g/mol. The van der Waals surface area contributed by atoms with Crippen molar-refractivity contribution in [2.24, 2.45) is 23.5 Å². The number of hydrazine groups is 1. The van der Waals surface area contributed by atoms with E-state index in [-0.39, 0.29) is 11.9 Å². The topological polar surface area (TPSA) is 131 Å². The quantitative estimate of drug-likeness (QED) is 0.536. The average Bonchev–Trinajstić information content (AvgIpc) is 3.50. The molecule has 9 nitrogen and oxygen atoms in total. The lowest BCUT2D eigenvalue weighted by Gasteiger charge is -2.36. The monoisotopic (exact) mass is 428 g/mol. The lowest BCUT2D eigenvalue weighted by atomic mass is 9.74. The molecule has 0 spiro atoms. The molecular weight excluding hydrogens is 400 g/mol. The highest BCUT2D eigenvalue weighted by molar-refractivity contribution is 6.04. The van der Waals surface area contributed by atoms with Gasteiger partial charge in [-0.3, -0.25) is 14.4 Å². The fourth-order valence-electron chi connectivity index (χ4n) is 4.50. The van der Waals surface area contributed by atoms with E-state index in [1.807, 2.05) is 6.07 Å². The zero-order chi connectivity index (χ0) is 22.0. The van der Waals surface area contributed by atoms with Crippen LogP contribution in [0.5, 0.6) is 0 Å². The van der Waals surface area contributed by atoms with Crippen molar-refractivity contribution in [1.82, 2.24) is 15.8 Å². The largest absolute Gasteiger partial charge is 0.426 e. The molecule has 4 N–H and O–H groups in total. The third-order valence-corrected chi connectivity index (χ3v) is 6.32. The number of amides is 3. The molecule has 0 radical (unpaired) electrons. The van der Waals surface area contributed by atoms with E-state index in [0.717, 1.165) is 25.7 Å². The molecule has 2 saturated carbocycles. The lowest BCUT2D eigenvalue weighted by molar-refractivity contribution is -0.141. The number of rotatable bonds is 8. The maximum absolute atomic E-state index is 13.2. The van der Waals surface area contributed by atoms with E-state index < -0.39 is 35.8 Å². The molecule has 3 amide bonds. The van der Waals surface area contributed by atoms with Gasteiger partial charge in [0.2, 0.25) is 17.9 Å². The van der Waals surface area contributed by atoms with E-state index in [1.54, 1.807) is 24.3 Å². The molecule has 4 atom stereocenters. The van der Waals surface area contributed by atoms with Crippen molar-refractivity contribution < 1.29 is 23.9 Å². The van der Waals surface area contributed by atoms with Gasteiger partial charge in [0.1, 0.15) is 5.92 Å². The van der Waals surface area contributed by atoms with E-state index in [0.29, 0.717) is 30.9 Å². The first-order chi connectivity index (χ1) is 14.9. The molecule has 1 aliphatic heterocycles. The summed E-state index contributed by atoms with van der Waals surface area (Å²) < 4.78 is 5.20. The minimum atomic E-state index is -1.24. The number of cyclic esters (lactones) is 1. The summed E-state index contributed by atoms with van der Waals surface area (Å²) in [5, 5.41) is 4.28. The highest BCUT2D eigenvalue weighted by Gasteiger charge is 2.47. The zero-order valence-electron chi connectivity index (χ0n) is 17.3. The van der Waals surface area contributed by atoms with E-state index in [1.165, 1.54) is 5.01 Å². The van der Waals surface area contributed by atoms with Crippen LogP contribution in [-0.2, 0) is 14.3 Å². The third kappa shape index (κ3) is 4.87. The Morgan fingerprint density at radius 3 is 2.52 bits per heavy atom. The van der Waals surface area contributed by atoms with Gasteiger partial charge in [0.15, 0.2) is 0 Å². The van der Waals surface area contributed by atoms with Crippen LogP contribution in [0.2, 0.25) is 0 Å². The van der Waals surface area contributed by atoms with Gasteiger partial charge in [0.25, 0.3) is 5.91 Å². The molecule has 1 aromatic rings. The van der Waals surface area contributed by atoms with Crippen LogP contribution in [0, 0.1) is 17.8 Å². The van der Waals surface area contributed by atoms with E-state index >= 15 is 0 Å². The lowest BCUT2D eigenvalue weighted by Crippen LogP contribution is -2.53. The van der Waals surface area contributed by atoms with Crippen molar-refractivity contribution in [3.63, 3.8) is 0 Å². The number of Topliss-reactive ketones (excluding diaryl/α,β-unsaturated/α-hetero) is 1. The number of carbonyl (C=O) groups is 4. The number of benzene rings is 1. The maximum Gasteiger partial charge on any atom is 0.426 e. The van der Waals surface area contributed by atoms with Crippen LogP contribution in [0.3, 0.4) is 0 Å². The number of nitrogens with two attached hydrogens (primary N) is 1. The van der Waals surface area contributed by atoms with Gasteiger partial charge in [-0.1, -0.05) is 31.0 Å². The number of ether oxygens (including phenoxy) is 1. The highest BCUT2D eigenvalue weighted by atomic mass is 16.6. The second-order valence-electron chi connectivity index (χ2n) is 8.62.